The third-order valence-corrected chi connectivity index (χ3v) is 5.25. The quantitative estimate of drug-likeness (QED) is 0.389. The smallest absolute Gasteiger partial charge is 0.0600 e. The van der Waals surface area contributed by atoms with Gasteiger partial charge in [-0.3, -0.25) is 4.98 Å². The number of fused-ring (bicyclic) bond motifs is 1. The van der Waals surface area contributed by atoms with Gasteiger partial charge in [-0.15, -0.1) is 34.4 Å². The van der Waals surface area contributed by atoms with E-state index in [9.17, 15) is 0 Å². The van der Waals surface area contributed by atoms with Gasteiger partial charge >= 0.3 is 0 Å². The van der Waals surface area contributed by atoms with Gasteiger partial charge in [0.1, 0.15) is 0 Å². The zero-order chi connectivity index (χ0) is 21.9. The van der Waals surface area contributed by atoms with Crippen LogP contribution >= 0.6 is 0 Å². The number of aryl methyl sites for hydroxylation is 5. The number of aliphatic hydroxyl groups excluding tert-OH is 2. The molecule has 1 aromatic heterocycles. The van der Waals surface area contributed by atoms with E-state index < -0.39 is 0 Å². The molecule has 1 heterocycles. The van der Waals surface area contributed by atoms with E-state index in [0.717, 1.165) is 16.8 Å². The van der Waals surface area contributed by atoms with Gasteiger partial charge in [-0.1, -0.05) is 38.5 Å². The Morgan fingerprint density at radius 2 is 1.43 bits per heavy atom. The summed E-state index contributed by atoms with van der Waals surface area (Å²) in [6.45, 7) is 16.2. The van der Waals surface area contributed by atoms with Crippen molar-refractivity contribution in [2.45, 2.75) is 74.0 Å². The van der Waals surface area contributed by atoms with Gasteiger partial charge in [0, 0.05) is 25.5 Å². The van der Waals surface area contributed by atoms with Crippen molar-refractivity contribution < 1.29 is 30.3 Å². The molecule has 2 unspecified atom stereocenters. The summed E-state index contributed by atoms with van der Waals surface area (Å²) in [5.74, 6) is 0. The van der Waals surface area contributed by atoms with Crippen LogP contribution in [0.1, 0.15) is 53.6 Å². The zero-order valence-electron chi connectivity index (χ0n) is 19.3. The average molecular weight is 585 g/mol. The first-order valence-corrected chi connectivity index (χ1v) is 10.2. The predicted molar refractivity (Wildman–Crippen MR) is 122 cm³/mol. The van der Waals surface area contributed by atoms with Crippen LogP contribution in [0.25, 0.3) is 22.2 Å². The van der Waals surface area contributed by atoms with Crippen molar-refractivity contribution in [3.63, 3.8) is 0 Å². The van der Waals surface area contributed by atoms with Crippen LogP contribution in [0.2, 0.25) is 0 Å². The van der Waals surface area contributed by atoms with Crippen LogP contribution in [0.3, 0.4) is 0 Å². The third-order valence-electron chi connectivity index (χ3n) is 5.25. The van der Waals surface area contributed by atoms with Gasteiger partial charge in [-0.25, -0.2) is 0 Å². The first kappa shape index (κ1) is 26.5. The largest absolute Gasteiger partial charge is 0.393 e. The Bertz CT molecular complexity index is 981. The minimum atomic E-state index is -0.375. The van der Waals surface area contributed by atoms with Crippen molar-refractivity contribution >= 4 is 10.9 Å². The van der Waals surface area contributed by atoms with Crippen molar-refractivity contribution in [1.82, 2.24) is 4.98 Å². The number of nitrogens with zero attached hydrogens (tertiary/aromatic N) is 1. The normalized spacial score (nSPS) is 12.6. The SMILES string of the molecule is CC(O)CC(C)O.Cc1cc(C)c2cc(C)c(-c3[c-]c(C)c(C)c(C)c3)nc2c1.[Ir]. The zero-order valence-corrected chi connectivity index (χ0v) is 21.7. The molecule has 3 rings (SSSR count). The Hall–Kier alpha value is -1.58. The Balaban J connectivity index is 0.000000489. The predicted octanol–water partition coefficient (Wildman–Crippen LogP) is 5.69. The minimum absolute atomic E-state index is 0. The van der Waals surface area contributed by atoms with Crippen molar-refractivity contribution in [3.8, 4) is 11.3 Å². The molecular formula is C26H34IrNO2-. The minimum Gasteiger partial charge on any atom is -0.393 e. The summed E-state index contributed by atoms with van der Waals surface area (Å²) < 4.78 is 0. The van der Waals surface area contributed by atoms with E-state index in [2.05, 4.69) is 71.9 Å². The second kappa shape index (κ2) is 11.2. The fourth-order valence-electron chi connectivity index (χ4n) is 3.58. The van der Waals surface area contributed by atoms with Gasteiger partial charge in [-0.05, 0) is 63.9 Å². The molecule has 2 atom stereocenters. The molecular weight excluding hydrogens is 551 g/mol. The van der Waals surface area contributed by atoms with E-state index >= 15 is 0 Å². The molecule has 2 aromatic carbocycles. The molecule has 30 heavy (non-hydrogen) atoms. The Labute approximate surface area is 194 Å². The standard InChI is InChI=1S/C21H22N.C5H12O2.Ir/c1-12-7-15(4)19-11-16(5)21(22-20(19)8-12)18-9-13(2)17(6)14(3)10-18;1-4(6)3-5(2)7;/h7-9,11H,1-6H3;4-7H,3H2,1-2H3;/q-1;;. The van der Waals surface area contributed by atoms with Crippen molar-refractivity contribution in [1.29, 1.82) is 0 Å². The molecule has 0 spiro atoms. The van der Waals surface area contributed by atoms with Crippen molar-refractivity contribution in [2.24, 2.45) is 0 Å². The molecule has 0 fully saturated rings. The summed E-state index contributed by atoms with van der Waals surface area (Å²) in [5, 5.41) is 18.4. The molecule has 3 nitrogen and oxygen atoms in total. The maximum absolute atomic E-state index is 8.56. The van der Waals surface area contributed by atoms with Crippen molar-refractivity contribution in [3.05, 3.63) is 63.7 Å². The fourth-order valence-corrected chi connectivity index (χ4v) is 3.58. The molecule has 1 radical (unpaired) electrons. The van der Waals surface area contributed by atoms with Gasteiger partial charge in [0.15, 0.2) is 0 Å². The summed E-state index contributed by atoms with van der Waals surface area (Å²) in [5.41, 5.74) is 10.8. The van der Waals surface area contributed by atoms with Gasteiger partial charge in [0.25, 0.3) is 0 Å². The van der Waals surface area contributed by atoms with E-state index in [1.165, 1.54) is 38.8 Å². The Morgan fingerprint density at radius 1 is 0.833 bits per heavy atom. The van der Waals surface area contributed by atoms with Crippen LogP contribution in [0.5, 0.6) is 0 Å². The van der Waals surface area contributed by atoms with Gasteiger partial charge < -0.3 is 10.2 Å². The maximum atomic E-state index is 8.56. The number of aromatic nitrogens is 1. The number of pyridine rings is 1. The molecule has 165 valence electrons. The molecule has 0 bridgehead atoms. The van der Waals surface area contributed by atoms with E-state index in [0.29, 0.717) is 6.42 Å². The topological polar surface area (TPSA) is 53.4 Å². The fraction of sp³-hybridized carbons (Fsp3) is 0.423. The van der Waals surface area contributed by atoms with Crippen LogP contribution in [0, 0.1) is 47.6 Å². The third kappa shape index (κ3) is 6.72. The first-order valence-electron chi connectivity index (χ1n) is 10.2. The van der Waals surface area contributed by atoms with E-state index in [4.69, 9.17) is 15.2 Å². The molecule has 3 aromatic rings. The van der Waals surface area contributed by atoms with Crippen LogP contribution in [0.4, 0.5) is 0 Å². The number of hydrogen-bond donors (Lipinski definition) is 2. The molecule has 0 saturated carbocycles. The monoisotopic (exact) mass is 585 g/mol. The number of benzene rings is 2. The first-order chi connectivity index (χ1) is 13.5. The van der Waals surface area contributed by atoms with Crippen LogP contribution < -0.4 is 0 Å². The second-order valence-electron chi connectivity index (χ2n) is 8.35. The summed E-state index contributed by atoms with van der Waals surface area (Å²) in [6, 6.07) is 12.3. The maximum Gasteiger partial charge on any atom is 0.0600 e. The van der Waals surface area contributed by atoms with E-state index in [-0.39, 0.29) is 32.3 Å². The summed E-state index contributed by atoms with van der Waals surface area (Å²) in [7, 11) is 0. The van der Waals surface area contributed by atoms with Crippen molar-refractivity contribution in [2.75, 3.05) is 0 Å². The number of hydrogen-bond acceptors (Lipinski definition) is 3. The Morgan fingerprint density at radius 3 is 1.93 bits per heavy atom. The summed E-state index contributed by atoms with van der Waals surface area (Å²) >= 11 is 0. The van der Waals surface area contributed by atoms with Crippen LogP contribution in [0.15, 0.2) is 24.3 Å². The molecule has 0 aliphatic heterocycles. The van der Waals surface area contributed by atoms with E-state index in [1.807, 2.05) is 0 Å². The van der Waals surface area contributed by atoms with Gasteiger partial charge in [0.05, 0.1) is 17.7 Å². The molecule has 0 amide bonds. The van der Waals surface area contributed by atoms with Crippen LogP contribution in [-0.2, 0) is 20.1 Å². The number of rotatable bonds is 3. The summed E-state index contributed by atoms with van der Waals surface area (Å²) in [4.78, 5) is 4.95. The van der Waals surface area contributed by atoms with Crippen LogP contribution in [-0.4, -0.2) is 27.4 Å². The Kier molecular flexibility index (Phi) is 9.84. The average Bonchev–Trinajstić information content (AvgIpc) is 2.59. The summed E-state index contributed by atoms with van der Waals surface area (Å²) in [6.07, 6.45) is -0.278. The molecule has 0 aliphatic carbocycles. The molecule has 0 saturated heterocycles. The second-order valence-corrected chi connectivity index (χ2v) is 8.35. The molecule has 2 N–H and O–H groups in total. The van der Waals surface area contributed by atoms with Gasteiger partial charge in [-0.2, -0.15) is 0 Å². The number of aliphatic hydroxyl groups is 2. The molecule has 0 aliphatic rings. The molecule has 4 heteroatoms. The van der Waals surface area contributed by atoms with E-state index in [1.54, 1.807) is 13.8 Å². The van der Waals surface area contributed by atoms with Gasteiger partial charge in [0.2, 0.25) is 0 Å².